The van der Waals surface area contributed by atoms with Gasteiger partial charge in [0.15, 0.2) is 0 Å². The summed E-state index contributed by atoms with van der Waals surface area (Å²) in [6, 6.07) is 13.2. The minimum atomic E-state index is -3.66. The maximum absolute atomic E-state index is 12.1. The number of ether oxygens (including phenoxy) is 1. The van der Waals surface area contributed by atoms with E-state index < -0.39 is 32.1 Å². The number of rotatable bonds is 10. The molecule has 200 valence electrons. The predicted octanol–water partition coefficient (Wildman–Crippen LogP) is 4.84. The summed E-state index contributed by atoms with van der Waals surface area (Å²) in [4.78, 5) is 12.6. The van der Waals surface area contributed by atoms with Crippen molar-refractivity contribution >= 4 is 26.5 Å². The molecule has 0 bridgehead atoms. The van der Waals surface area contributed by atoms with E-state index in [0.717, 1.165) is 43.1 Å². The standard InChI is InChI=1S/C26H38N2O6S2/c1-5-7-15-26(6-2)18-36(32,33)23-16-20(13-14-24(29)28-35(4,30)31)22(34-3)17-21(23)25(27-26)19-11-9-8-10-12-19/h8-12,16-17,25,27,32-33H,5-7,13-15,18H2,1-4H3,(H,28,29)/t25-,26-/m1/s1. The zero-order valence-corrected chi connectivity index (χ0v) is 23.0. The first kappa shape index (κ1) is 28.5. The zero-order valence-electron chi connectivity index (χ0n) is 21.4. The van der Waals surface area contributed by atoms with Gasteiger partial charge in [-0.1, -0.05) is 57.0 Å². The number of carbonyl (C=O) groups excluding carboxylic acids is 1. The smallest absolute Gasteiger partial charge is 0.233 e. The lowest BCUT2D eigenvalue weighted by molar-refractivity contribution is -0.119. The fourth-order valence-electron chi connectivity index (χ4n) is 4.86. The fourth-order valence-corrected chi connectivity index (χ4v) is 7.61. The van der Waals surface area contributed by atoms with Crippen molar-refractivity contribution in [2.75, 3.05) is 19.1 Å². The molecule has 4 N–H and O–H groups in total. The van der Waals surface area contributed by atoms with Crippen molar-refractivity contribution in [3.8, 4) is 5.75 Å². The van der Waals surface area contributed by atoms with Gasteiger partial charge in [0.1, 0.15) is 5.75 Å². The number of hydrogen-bond acceptors (Lipinski definition) is 7. The maximum Gasteiger partial charge on any atom is 0.233 e. The summed E-state index contributed by atoms with van der Waals surface area (Å²) in [6.45, 7) is 4.20. The molecule has 1 heterocycles. The Bertz CT molecular complexity index is 1170. The molecule has 0 saturated carbocycles. The number of methoxy groups -OCH3 is 1. The van der Waals surface area contributed by atoms with Gasteiger partial charge in [-0.15, -0.1) is 0 Å². The molecule has 1 amide bonds. The van der Waals surface area contributed by atoms with E-state index in [1.165, 1.54) is 7.11 Å². The van der Waals surface area contributed by atoms with Gasteiger partial charge in [-0.2, -0.15) is 10.6 Å². The summed E-state index contributed by atoms with van der Waals surface area (Å²) < 4.78 is 53.5. The monoisotopic (exact) mass is 538 g/mol. The number of fused-ring (bicyclic) bond motifs is 1. The minimum Gasteiger partial charge on any atom is -0.496 e. The van der Waals surface area contributed by atoms with Crippen LogP contribution in [0.4, 0.5) is 0 Å². The lowest BCUT2D eigenvalue weighted by Crippen LogP contribution is -2.49. The van der Waals surface area contributed by atoms with Crippen LogP contribution < -0.4 is 14.8 Å². The molecule has 0 aromatic heterocycles. The first-order valence-corrected chi connectivity index (χ1v) is 15.8. The van der Waals surface area contributed by atoms with Crippen molar-refractivity contribution in [3.63, 3.8) is 0 Å². The van der Waals surface area contributed by atoms with E-state index in [9.17, 15) is 22.3 Å². The van der Waals surface area contributed by atoms with Crippen LogP contribution >= 0.6 is 10.6 Å². The van der Waals surface area contributed by atoms with Gasteiger partial charge in [0.05, 0.1) is 30.1 Å². The van der Waals surface area contributed by atoms with Crippen molar-refractivity contribution in [2.45, 2.75) is 68.8 Å². The number of nitrogens with one attached hydrogen (secondary N) is 2. The molecule has 0 saturated heterocycles. The van der Waals surface area contributed by atoms with Crippen molar-refractivity contribution in [1.82, 2.24) is 10.0 Å². The highest BCUT2D eigenvalue weighted by molar-refractivity contribution is 8.24. The molecule has 0 aliphatic carbocycles. The third-order valence-electron chi connectivity index (χ3n) is 6.74. The Balaban J connectivity index is 2.12. The largest absolute Gasteiger partial charge is 0.496 e. The van der Waals surface area contributed by atoms with E-state index in [1.54, 1.807) is 6.07 Å². The van der Waals surface area contributed by atoms with E-state index in [0.29, 0.717) is 16.2 Å². The number of unbranched alkanes of at least 4 members (excludes halogenated alkanes) is 1. The molecule has 36 heavy (non-hydrogen) atoms. The minimum absolute atomic E-state index is 0.0861. The quantitative estimate of drug-likeness (QED) is 0.341. The number of hydrogen-bond donors (Lipinski definition) is 4. The molecule has 0 spiro atoms. The second-order valence-electron chi connectivity index (χ2n) is 9.54. The van der Waals surface area contributed by atoms with Gasteiger partial charge in [0.25, 0.3) is 0 Å². The summed E-state index contributed by atoms with van der Waals surface area (Å²) in [5.41, 5.74) is 1.88. The highest BCUT2D eigenvalue weighted by Crippen LogP contribution is 2.58. The van der Waals surface area contributed by atoms with Gasteiger partial charge < -0.3 is 4.74 Å². The van der Waals surface area contributed by atoms with E-state index in [4.69, 9.17) is 4.74 Å². The Hall–Kier alpha value is -2.11. The van der Waals surface area contributed by atoms with Gasteiger partial charge in [-0.05, 0) is 42.5 Å². The van der Waals surface area contributed by atoms with Gasteiger partial charge in [0.2, 0.25) is 15.9 Å². The summed E-state index contributed by atoms with van der Waals surface area (Å²) in [5.74, 6) is 0.0681. The number of aryl methyl sites for hydroxylation is 1. The van der Waals surface area contributed by atoms with Crippen LogP contribution in [0.1, 0.15) is 68.7 Å². The van der Waals surface area contributed by atoms with Crippen molar-refractivity contribution in [3.05, 3.63) is 59.2 Å². The van der Waals surface area contributed by atoms with Gasteiger partial charge in [0, 0.05) is 17.5 Å². The van der Waals surface area contributed by atoms with Crippen molar-refractivity contribution in [1.29, 1.82) is 0 Å². The third-order valence-corrected chi connectivity index (χ3v) is 9.35. The molecule has 2 atom stereocenters. The zero-order chi connectivity index (χ0) is 26.6. The highest BCUT2D eigenvalue weighted by atomic mass is 32.3. The van der Waals surface area contributed by atoms with E-state index in [1.807, 2.05) is 41.1 Å². The Kier molecular flexibility index (Phi) is 9.11. The molecule has 0 unspecified atom stereocenters. The maximum atomic E-state index is 12.1. The molecule has 2 aromatic carbocycles. The topological polar surface area (TPSA) is 125 Å². The van der Waals surface area contributed by atoms with Crippen LogP contribution in [-0.2, 0) is 21.2 Å². The Labute approximate surface area is 216 Å². The lowest BCUT2D eigenvalue weighted by atomic mass is 9.87. The average molecular weight is 539 g/mol. The number of benzene rings is 2. The van der Waals surface area contributed by atoms with Crippen LogP contribution in [0.5, 0.6) is 5.75 Å². The van der Waals surface area contributed by atoms with Crippen LogP contribution in [0.15, 0.2) is 47.4 Å². The van der Waals surface area contributed by atoms with Crippen LogP contribution in [0, 0.1) is 0 Å². The highest BCUT2D eigenvalue weighted by Gasteiger charge is 2.42. The fraction of sp³-hybridized carbons (Fsp3) is 0.500. The predicted molar refractivity (Wildman–Crippen MR) is 144 cm³/mol. The molecule has 0 radical (unpaired) electrons. The molecule has 2 aromatic rings. The Morgan fingerprint density at radius 2 is 1.92 bits per heavy atom. The second-order valence-corrected chi connectivity index (χ2v) is 13.3. The molecular formula is C26H38N2O6S2. The Morgan fingerprint density at radius 1 is 1.22 bits per heavy atom. The van der Waals surface area contributed by atoms with Crippen molar-refractivity contribution < 1.29 is 27.1 Å². The van der Waals surface area contributed by atoms with Crippen LogP contribution in [0.3, 0.4) is 0 Å². The van der Waals surface area contributed by atoms with Gasteiger partial charge in [-0.25, -0.2) is 8.42 Å². The number of sulfonamides is 1. The van der Waals surface area contributed by atoms with Crippen LogP contribution in [0.25, 0.3) is 0 Å². The summed E-state index contributed by atoms with van der Waals surface area (Å²) in [7, 11) is -5.33. The molecule has 1 aliphatic heterocycles. The first-order valence-electron chi connectivity index (χ1n) is 12.2. The van der Waals surface area contributed by atoms with Crippen LogP contribution in [0.2, 0.25) is 0 Å². The normalized spacial score (nSPS) is 22.2. The average Bonchev–Trinajstić information content (AvgIpc) is 2.92. The van der Waals surface area contributed by atoms with Crippen molar-refractivity contribution in [2.24, 2.45) is 0 Å². The van der Waals surface area contributed by atoms with E-state index in [-0.39, 0.29) is 24.6 Å². The number of amides is 1. The van der Waals surface area contributed by atoms with Gasteiger partial charge >= 0.3 is 0 Å². The first-order chi connectivity index (χ1) is 16.9. The van der Waals surface area contributed by atoms with E-state index in [2.05, 4.69) is 19.2 Å². The molecule has 10 heteroatoms. The lowest BCUT2D eigenvalue weighted by Gasteiger charge is -2.42. The summed E-state index contributed by atoms with van der Waals surface area (Å²) in [6.07, 6.45) is 4.52. The summed E-state index contributed by atoms with van der Waals surface area (Å²) >= 11 is 0. The number of carbonyl (C=O) groups is 1. The van der Waals surface area contributed by atoms with Crippen LogP contribution in [-0.4, -0.2) is 48.1 Å². The third kappa shape index (κ3) is 6.80. The second kappa shape index (κ2) is 11.5. The Morgan fingerprint density at radius 3 is 2.50 bits per heavy atom. The molecular weight excluding hydrogens is 500 g/mol. The molecule has 3 rings (SSSR count). The van der Waals surface area contributed by atoms with E-state index >= 15 is 0 Å². The molecule has 1 aliphatic rings. The SMILES string of the molecule is CCCC[C@]1(CC)CS(O)(O)c2cc(CCC(=O)NS(C)(=O)=O)c(OC)cc2[C@@H](c2ccccc2)N1. The van der Waals surface area contributed by atoms with Gasteiger partial charge in [-0.3, -0.25) is 23.9 Å². The molecule has 8 nitrogen and oxygen atoms in total. The summed E-state index contributed by atoms with van der Waals surface area (Å²) in [5, 5.41) is 3.80. The molecule has 0 fully saturated rings.